The molecule has 1 aliphatic rings. The van der Waals surface area contributed by atoms with Crippen LogP contribution in [-0.2, 0) is 19.8 Å². The first-order valence-electron chi connectivity index (χ1n) is 10.1. The number of alkyl halides is 3. The van der Waals surface area contributed by atoms with Crippen LogP contribution in [0.25, 0.3) is 0 Å². The fraction of sp³-hybridized carbons (Fsp3) is 0.524. The summed E-state index contributed by atoms with van der Waals surface area (Å²) >= 11 is 0. The molecule has 172 valence electrons. The zero-order valence-electron chi connectivity index (χ0n) is 18.3. The van der Waals surface area contributed by atoms with E-state index in [0.717, 1.165) is 35.5 Å². The van der Waals surface area contributed by atoms with Gasteiger partial charge in [-0.25, -0.2) is 4.99 Å². The third-order valence-corrected chi connectivity index (χ3v) is 5.50. The molecule has 1 N–H and O–H groups in total. The van der Waals surface area contributed by atoms with Crippen LogP contribution in [-0.4, -0.2) is 53.4 Å². The topological polar surface area (TPSA) is 48.7 Å². The number of aliphatic imine (C=N–C) groups is 1. The number of nitrogens with one attached hydrogen (secondary N) is 1. The molecule has 0 amide bonds. The Kier molecular flexibility index (Phi) is 8.61. The van der Waals surface area contributed by atoms with E-state index >= 15 is 0 Å². The van der Waals surface area contributed by atoms with Gasteiger partial charge in [-0.15, -0.1) is 24.0 Å². The molecule has 1 saturated heterocycles. The van der Waals surface area contributed by atoms with Crippen LogP contribution in [0.1, 0.15) is 29.4 Å². The first kappa shape index (κ1) is 25.3. The molecule has 31 heavy (non-hydrogen) atoms. The molecule has 1 fully saturated rings. The molecule has 0 saturated carbocycles. The first-order valence-corrected chi connectivity index (χ1v) is 10.1. The Morgan fingerprint density at radius 2 is 1.84 bits per heavy atom. The Morgan fingerprint density at radius 3 is 2.39 bits per heavy atom. The number of rotatable bonds is 4. The van der Waals surface area contributed by atoms with Crippen molar-refractivity contribution in [3.8, 4) is 0 Å². The molecule has 0 unspecified atom stereocenters. The standard InChI is InChI=1S/C21H29F3N6.HI/c1-5-25-20(26-14-19-15(2)27-28(4)16(19)3)30-11-9-29(10-12-30)18-8-6-7-17(13-18)21(22,23)24;/h6-8,13H,5,9-12,14H2,1-4H3,(H,25,26);1H. The molecule has 1 aromatic heterocycles. The van der Waals surface area contributed by atoms with Gasteiger partial charge in [-0.05, 0) is 39.0 Å². The highest BCUT2D eigenvalue weighted by Crippen LogP contribution is 2.31. The highest BCUT2D eigenvalue weighted by atomic mass is 127. The number of nitrogens with zero attached hydrogens (tertiary/aromatic N) is 5. The number of anilines is 1. The van der Waals surface area contributed by atoms with Crippen molar-refractivity contribution in [2.24, 2.45) is 12.0 Å². The highest BCUT2D eigenvalue weighted by molar-refractivity contribution is 14.0. The van der Waals surface area contributed by atoms with Gasteiger partial charge in [0, 0.05) is 56.7 Å². The summed E-state index contributed by atoms with van der Waals surface area (Å²) in [5.74, 6) is 0.823. The minimum atomic E-state index is -4.33. The van der Waals surface area contributed by atoms with E-state index in [0.29, 0.717) is 38.4 Å². The fourth-order valence-corrected chi connectivity index (χ4v) is 3.68. The van der Waals surface area contributed by atoms with Gasteiger partial charge in [0.1, 0.15) is 0 Å². The summed E-state index contributed by atoms with van der Waals surface area (Å²) in [7, 11) is 1.92. The minimum absolute atomic E-state index is 0. The molecule has 0 atom stereocenters. The van der Waals surface area contributed by atoms with E-state index in [4.69, 9.17) is 4.99 Å². The number of hydrogen-bond acceptors (Lipinski definition) is 3. The predicted molar refractivity (Wildman–Crippen MR) is 128 cm³/mol. The zero-order valence-corrected chi connectivity index (χ0v) is 20.7. The largest absolute Gasteiger partial charge is 0.416 e. The SMILES string of the molecule is CCNC(=NCc1c(C)nn(C)c1C)N1CCN(c2cccc(C(F)(F)F)c2)CC1.I. The zero-order chi connectivity index (χ0) is 21.9. The summed E-state index contributed by atoms with van der Waals surface area (Å²) in [6.07, 6.45) is -4.33. The number of piperazine rings is 1. The van der Waals surface area contributed by atoms with Crippen LogP contribution in [0.5, 0.6) is 0 Å². The van der Waals surface area contributed by atoms with Crippen molar-refractivity contribution in [2.75, 3.05) is 37.6 Å². The van der Waals surface area contributed by atoms with Gasteiger partial charge < -0.3 is 15.1 Å². The monoisotopic (exact) mass is 550 g/mol. The third kappa shape index (κ3) is 6.05. The lowest BCUT2D eigenvalue weighted by atomic mass is 10.1. The quantitative estimate of drug-likeness (QED) is 0.356. The van der Waals surface area contributed by atoms with Crippen LogP contribution < -0.4 is 10.2 Å². The van der Waals surface area contributed by atoms with Crippen molar-refractivity contribution in [2.45, 2.75) is 33.5 Å². The smallest absolute Gasteiger partial charge is 0.368 e. The molecule has 0 spiro atoms. The molecule has 2 heterocycles. The van der Waals surface area contributed by atoms with E-state index in [-0.39, 0.29) is 24.0 Å². The normalized spacial score (nSPS) is 15.1. The summed E-state index contributed by atoms with van der Waals surface area (Å²) in [4.78, 5) is 8.95. The average molecular weight is 550 g/mol. The molecule has 0 radical (unpaired) electrons. The molecular formula is C21H30F3IN6. The van der Waals surface area contributed by atoms with Gasteiger partial charge >= 0.3 is 6.18 Å². The van der Waals surface area contributed by atoms with Gasteiger partial charge in [0.2, 0.25) is 0 Å². The van der Waals surface area contributed by atoms with Crippen molar-refractivity contribution >= 4 is 35.6 Å². The Hall–Kier alpha value is -1.98. The molecule has 1 aliphatic heterocycles. The Morgan fingerprint density at radius 1 is 1.16 bits per heavy atom. The summed E-state index contributed by atoms with van der Waals surface area (Å²) < 4.78 is 40.9. The van der Waals surface area contributed by atoms with Gasteiger partial charge in [0.25, 0.3) is 0 Å². The maximum atomic E-state index is 13.0. The second-order valence-corrected chi connectivity index (χ2v) is 7.47. The number of aryl methyl sites for hydroxylation is 2. The van der Waals surface area contributed by atoms with Gasteiger partial charge in [0.15, 0.2) is 5.96 Å². The Bertz CT molecular complexity index is 901. The van der Waals surface area contributed by atoms with Gasteiger partial charge in [-0.2, -0.15) is 18.3 Å². The molecule has 0 aliphatic carbocycles. The van der Waals surface area contributed by atoms with Crippen molar-refractivity contribution in [3.05, 3.63) is 46.8 Å². The van der Waals surface area contributed by atoms with Crippen molar-refractivity contribution in [3.63, 3.8) is 0 Å². The van der Waals surface area contributed by atoms with Crippen molar-refractivity contribution < 1.29 is 13.2 Å². The number of halogens is 4. The second-order valence-electron chi connectivity index (χ2n) is 7.47. The lowest BCUT2D eigenvalue weighted by molar-refractivity contribution is -0.137. The lowest BCUT2D eigenvalue weighted by Gasteiger charge is -2.38. The Labute approximate surface area is 198 Å². The van der Waals surface area contributed by atoms with Crippen LogP contribution in [0.15, 0.2) is 29.3 Å². The summed E-state index contributed by atoms with van der Waals surface area (Å²) in [6, 6.07) is 5.54. The third-order valence-electron chi connectivity index (χ3n) is 5.50. The maximum absolute atomic E-state index is 13.0. The molecule has 1 aromatic carbocycles. The van der Waals surface area contributed by atoms with E-state index < -0.39 is 11.7 Å². The van der Waals surface area contributed by atoms with Crippen LogP contribution in [0.3, 0.4) is 0 Å². The molecule has 2 aromatic rings. The summed E-state index contributed by atoms with van der Waals surface area (Å²) in [5, 5.41) is 7.77. The fourth-order valence-electron chi connectivity index (χ4n) is 3.68. The van der Waals surface area contributed by atoms with Crippen LogP contribution in [0, 0.1) is 13.8 Å². The van der Waals surface area contributed by atoms with Gasteiger partial charge in [-0.3, -0.25) is 4.68 Å². The number of benzene rings is 1. The van der Waals surface area contributed by atoms with Gasteiger partial charge in [-0.1, -0.05) is 6.07 Å². The number of guanidine groups is 1. The van der Waals surface area contributed by atoms with Crippen molar-refractivity contribution in [1.29, 1.82) is 0 Å². The van der Waals surface area contributed by atoms with Gasteiger partial charge in [0.05, 0.1) is 17.8 Å². The average Bonchev–Trinajstić information content (AvgIpc) is 2.96. The lowest BCUT2D eigenvalue weighted by Crippen LogP contribution is -2.52. The minimum Gasteiger partial charge on any atom is -0.368 e. The molecule has 3 rings (SSSR count). The van der Waals surface area contributed by atoms with Crippen LogP contribution in [0.4, 0.5) is 18.9 Å². The number of hydrogen-bond donors (Lipinski definition) is 1. The summed E-state index contributed by atoms with van der Waals surface area (Å²) in [5.41, 5.74) is 3.19. The molecule has 0 bridgehead atoms. The van der Waals surface area contributed by atoms with Crippen LogP contribution >= 0.6 is 24.0 Å². The van der Waals surface area contributed by atoms with Crippen molar-refractivity contribution in [1.82, 2.24) is 20.0 Å². The molecular weight excluding hydrogens is 520 g/mol. The van der Waals surface area contributed by atoms with E-state index in [1.165, 1.54) is 12.1 Å². The molecule has 10 heteroatoms. The van der Waals surface area contributed by atoms with E-state index in [9.17, 15) is 13.2 Å². The van der Waals surface area contributed by atoms with E-state index in [2.05, 4.69) is 15.3 Å². The number of aromatic nitrogens is 2. The maximum Gasteiger partial charge on any atom is 0.416 e. The Balaban J connectivity index is 0.00000341. The van der Waals surface area contributed by atoms with E-state index in [1.807, 2.05) is 37.4 Å². The molecule has 6 nitrogen and oxygen atoms in total. The highest BCUT2D eigenvalue weighted by Gasteiger charge is 2.31. The van der Waals surface area contributed by atoms with Crippen LogP contribution in [0.2, 0.25) is 0 Å². The summed E-state index contributed by atoms with van der Waals surface area (Å²) in [6.45, 7) is 9.98. The first-order chi connectivity index (χ1) is 14.2. The predicted octanol–water partition coefficient (Wildman–Crippen LogP) is 3.96. The second kappa shape index (κ2) is 10.6. The van der Waals surface area contributed by atoms with E-state index in [1.54, 1.807) is 6.07 Å².